The predicted molar refractivity (Wildman–Crippen MR) is 113 cm³/mol. The maximum absolute atomic E-state index is 12.1. The average Bonchev–Trinajstić information content (AvgIpc) is 3.38. The number of amidine groups is 1. The number of benzene rings is 1. The van der Waals surface area contributed by atoms with Crippen molar-refractivity contribution in [1.29, 1.82) is 0 Å². The first kappa shape index (κ1) is 20.8. The standard InChI is InChI=1S/C21H25N3O5S/c1-28-13-6-4-12(5-7-13)11-24-17-18(26)16(25)9-15(20(22)27)19(17)30-21(24)23-10-14-3-2-8-29-14/h2-8,15-19,25-26H,9-11H2,1H3,(H2,22,27)/t15-,16+,17+,18-,19+/m0/s1. The maximum Gasteiger partial charge on any atom is 0.221 e. The summed E-state index contributed by atoms with van der Waals surface area (Å²) in [6, 6.07) is 10.8. The molecule has 1 aliphatic carbocycles. The van der Waals surface area contributed by atoms with Gasteiger partial charge < -0.3 is 30.0 Å². The number of hydrogen-bond acceptors (Lipinski definition) is 7. The number of fused-ring (bicyclic) bond motifs is 1. The molecular weight excluding hydrogens is 406 g/mol. The molecule has 2 fully saturated rings. The lowest BCUT2D eigenvalue weighted by Gasteiger charge is -2.41. The summed E-state index contributed by atoms with van der Waals surface area (Å²) in [6.07, 6.45) is -0.290. The van der Waals surface area contributed by atoms with Crippen molar-refractivity contribution in [2.24, 2.45) is 16.6 Å². The molecule has 0 unspecified atom stereocenters. The van der Waals surface area contributed by atoms with E-state index in [1.165, 1.54) is 11.8 Å². The monoisotopic (exact) mass is 431 g/mol. The fourth-order valence-corrected chi connectivity index (χ4v) is 5.64. The molecule has 1 aliphatic heterocycles. The summed E-state index contributed by atoms with van der Waals surface area (Å²) < 4.78 is 10.6. The largest absolute Gasteiger partial charge is 0.497 e. The number of methoxy groups -OCH3 is 1. The lowest BCUT2D eigenvalue weighted by Crippen LogP contribution is -2.58. The number of primary amides is 1. The van der Waals surface area contributed by atoms with Gasteiger partial charge in [-0.25, -0.2) is 0 Å². The number of amides is 1. The average molecular weight is 432 g/mol. The molecule has 0 spiro atoms. The number of carbonyl (C=O) groups is 1. The summed E-state index contributed by atoms with van der Waals surface area (Å²) in [5.41, 5.74) is 6.62. The van der Waals surface area contributed by atoms with E-state index in [1.54, 1.807) is 19.4 Å². The number of ether oxygens (including phenoxy) is 1. The number of nitrogens with zero attached hydrogens (tertiary/aromatic N) is 2. The van der Waals surface area contributed by atoms with Crippen LogP contribution >= 0.6 is 11.8 Å². The third-order valence-electron chi connectivity index (χ3n) is 5.65. The van der Waals surface area contributed by atoms with Gasteiger partial charge in [-0.1, -0.05) is 23.9 Å². The molecule has 1 aromatic carbocycles. The minimum absolute atomic E-state index is 0.145. The Morgan fingerprint density at radius 2 is 2.10 bits per heavy atom. The number of aliphatic imine (C=N–C) groups is 1. The number of rotatable bonds is 6. The van der Waals surface area contributed by atoms with Crippen LogP contribution in [0.2, 0.25) is 0 Å². The molecule has 4 N–H and O–H groups in total. The molecule has 4 rings (SSSR count). The van der Waals surface area contributed by atoms with Crippen LogP contribution in [0.15, 0.2) is 52.1 Å². The van der Waals surface area contributed by atoms with E-state index in [0.29, 0.717) is 18.3 Å². The molecule has 30 heavy (non-hydrogen) atoms. The van der Waals surface area contributed by atoms with E-state index in [-0.39, 0.29) is 11.7 Å². The van der Waals surface area contributed by atoms with Crippen LogP contribution in [-0.2, 0) is 17.9 Å². The first-order chi connectivity index (χ1) is 14.5. The van der Waals surface area contributed by atoms with E-state index >= 15 is 0 Å². The van der Waals surface area contributed by atoms with Gasteiger partial charge in [0.05, 0.1) is 38.0 Å². The highest BCUT2D eigenvalue weighted by atomic mass is 32.2. The Kier molecular flexibility index (Phi) is 6.03. The zero-order valence-electron chi connectivity index (χ0n) is 16.5. The number of hydrogen-bond donors (Lipinski definition) is 3. The van der Waals surface area contributed by atoms with Gasteiger partial charge in [0.25, 0.3) is 0 Å². The SMILES string of the molecule is COc1ccc(CN2C(=NCc3ccco3)S[C@H]3[C@H]2[C@@H](O)[C@H](O)C[C@@H]3C(N)=O)cc1. The van der Waals surface area contributed by atoms with Crippen LogP contribution in [0.3, 0.4) is 0 Å². The smallest absolute Gasteiger partial charge is 0.221 e. The molecule has 1 saturated carbocycles. The molecule has 5 atom stereocenters. The number of aliphatic hydroxyl groups is 2. The third-order valence-corrected chi connectivity index (χ3v) is 7.10. The molecule has 8 nitrogen and oxygen atoms in total. The van der Waals surface area contributed by atoms with Crippen molar-refractivity contribution in [3.63, 3.8) is 0 Å². The Labute approximate surface area is 178 Å². The van der Waals surface area contributed by atoms with Gasteiger partial charge in [-0.2, -0.15) is 0 Å². The van der Waals surface area contributed by atoms with E-state index in [1.807, 2.05) is 35.2 Å². The van der Waals surface area contributed by atoms with Gasteiger partial charge in [-0.05, 0) is 36.2 Å². The second-order valence-electron chi connectivity index (χ2n) is 7.53. The van der Waals surface area contributed by atoms with Crippen molar-refractivity contribution in [3.05, 3.63) is 54.0 Å². The van der Waals surface area contributed by atoms with Crippen molar-refractivity contribution in [2.75, 3.05) is 7.11 Å². The molecule has 2 aromatic rings. The molecule has 1 aromatic heterocycles. The second kappa shape index (κ2) is 8.71. The van der Waals surface area contributed by atoms with E-state index in [4.69, 9.17) is 19.9 Å². The molecule has 2 heterocycles. The zero-order valence-corrected chi connectivity index (χ0v) is 17.4. The lowest BCUT2D eigenvalue weighted by molar-refractivity contribution is -0.128. The normalized spacial score (nSPS) is 29.8. The van der Waals surface area contributed by atoms with Crippen LogP contribution in [0.25, 0.3) is 0 Å². The summed E-state index contributed by atoms with van der Waals surface area (Å²) in [5.74, 6) is 0.448. The quantitative estimate of drug-likeness (QED) is 0.631. The molecule has 1 saturated heterocycles. The van der Waals surface area contributed by atoms with Crippen LogP contribution < -0.4 is 10.5 Å². The molecule has 0 bridgehead atoms. The van der Waals surface area contributed by atoms with Gasteiger partial charge in [0.1, 0.15) is 17.6 Å². The van der Waals surface area contributed by atoms with Crippen molar-refractivity contribution in [1.82, 2.24) is 4.90 Å². The first-order valence-electron chi connectivity index (χ1n) is 9.76. The van der Waals surface area contributed by atoms with Crippen molar-refractivity contribution < 1.29 is 24.2 Å². The lowest BCUT2D eigenvalue weighted by atomic mass is 9.80. The summed E-state index contributed by atoms with van der Waals surface area (Å²) in [6.45, 7) is 0.804. The van der Waals surface area contributed by atoms with Crippen LogP contribution in [0, 0.1) is 5.92 Å². The fraction of sp³-hybridized carbons (Fsp3) is 0.429. The number of furan rings is 1. The van der Waals surface area contributed by atoms with E-state index in [2.05, 4.69) is 0 Å². The number of aliphatic hydroxyl groups excluding tert-OH is 2. The van der Waals surface area contributed by atoms with Crippen LogP contribution in [0.5, 0.6) is 5.75 Å². The Hall–Kier alpha value is -2.49. The summed E-state index contributed by atoms with van der Waals surface area (Å²) in [7, 11) is 1.61. The summed E-state index contributed by atoms with van der Waals surface area (Å²) in [5, 5.41) is 21.6. The van der Waals surface area contributed by atoms with Crippen LogP contribution in [-0.4, -0.2) is 56.8 Å². The van der Waals surface area contributed by atoms with Gasteiger partial charge in [-0.3, -0.25) is 9.79 Å². The van der Waals surface area contributed by atoms with Crippen LogP contribution in [0.4, 0.5) is 0 Å². The van der Waals surface area contributed by atoms with E-state index in [9.17, 15) is 15.0 Å². The summed E-state index contributed by atoms with van der Waals surface area (Å²) >= 11 is 1.43. The highest BCUT2D eigenvalue weighted by Crippen LogP contribution is 2.44. The fourth-order valence-electron chi connectivity index (χ4n) is 4.08. The molecule has 9 heteroatoms. The van der Waals surface area contributed by atoms with Gasteiger partial charge in [0.2, 0.25) is 5.91 Å². The molecule has 0 radical (unpaired) electrons. The van der Waals surface area contributed by atoms with Gasteiger partial charge in [-0.15, -0.1) is 0 Å². The molecular formula is C21H25N3O5S. The number of nitrogens with two attached hydrogens (primary N) is 1. The minimum atomic E-state index is -1.02. The minimum Gasteiger partial charge on any atom is -0.497 e. The predicted octanol–water partition coefficient (Wildman–Crippen LogP) is 1.36. The van der Waals surface area contributed by atoms with Gasteiger partial charge in [0, 0.05) is 11.8 Å². The van der Waals surface area contributed by atoms with Crippen molar-refractivity contribution in [2.45, 2.75) is 43.0 Å². The number of thioether (sulfide) groups is 1. The summed E-state index contributed by atoms with van der Waals surface area (Å²) in [4.78, 5) is 18.7. The van der Waals surface area contributed by atoms with E-state index < -0.39 is 30.1 Å². The van der Waals surface area contributed by atoms with Gasteiger partial charge >= 0.3 is 0 Å². The molecule has 160 valence electrons. The Morgan fingerprint density at radius 3 is 2.73 bits per heavy atom. The molecule has 2 aliphatic rings. The highest BCUT2D eigenvalue weighted by molar-refractivity contribution is 8.14. The zero-order chi connectivity index (χ0) is 21.3. The first-order valence-corrected chi connectivity index (χ1v) is 10.6. The molecule has 1 amide bonds. The number of carbonyl (C=O) groups excluding carboxylic acids is 1. The Bertz CT molecular complexity index is 902. The van der Waals surface area contributed by atoms with Gasteiger partial charge in [0.15, 0.2) is 5.17 Å². The second-order valence-corrected chi connectivity index (χ2v) is 8.67. The highest BCUT2D eigenvalue weighted by Gasteiger charge is 2.54. The van der Waals surface area contributed by atoms with Crippen LogP contribution in [0.1, 0.15) is 17.7 Å². The Balaban J connectivity index is 1.66. The van der Waals surface area contributed by atoms with E-state index in [0.717, 1.165) is 17.1 Å². The topological polar surface area (TPSA) is 122 Å². The maximum atomic E-state index is 12.1. The third kappa shape index (κ3) is 4.05. The van der Waals surface area contributed by atoms with Crippen molar-refractivity contribution in [3.8, 4) is 5.75 Å². The van der Waals surface area contributed by atoms with Crippen molar-refractivity contribution >= 4 is 22.8 Å². The Morgan fingerprint density at radius 1 is 1.33 bits per heavy atom.